The molecule has 0 saturated heterocycles. The van der Waals surface area contributed by atoms with Crippen molar-refractivity contribution in [1.29, 1.82) is 0 Å². The number of carbonyl (C=O) groups excluding carboxylic acids is 2. The van der Waals surface area contributed by atoms with Crippen molar-refractivity contribution >= 4 is 22.1 Å². The van der Waals surface area contributed by atoms with Gasteiger partial charge in [-0.1, -0.05) is 18.6 Å². The molecular weight excluding hydrogens is 443 g/mol. The number of hydrogen-bond acceptors (Lipinski definition) is 7. The molecule has 1 aromatic rings. The van der Waals surface area contributed by atoms with Gasteiger partial charge in [-0.05, 0) is 37.8 Å². The Balaban J connectivity index is 2.30. The van der Waals surface area contributed by atoms with E-state index in [1.54, 1.807) is 0 Å². The van der Waals surface area contributed by atoms with Crippen molar-refractivity contribution in [3.8, 4) is 0 Å². The molecule has 0 heterocycles. The quantitative estimate of drug-likeness (QED) is 0.364. The Labute approximate surface area is 167 Å². The van der Waals surface area contributed by atoms with Gasteiger partial charge >= 0.3 is 23.4 Å². The van der Waals surface area contributed by atoms with Gasteiger partial charge in [0, 0.05) is 0 Å². The van der Waals surface area contributed by atoms with Crippen LogP contribution in [0.2, 0.25) is 0 Å². The normalized spacial score (nSPS) is 17.3. The van der Waals surface area contributed by atoms with Crippen LogP contribution < -0.4 is 0 Å². The van der Waals surface area contributed by atoms with Crippen molar-refractivity contribution < 1.29 is 54.0 Å². The average molecular weight is 459 g/mol. The smallest absolute Gasteiger partial charge is 0.432 e. The Bertz CT molecular complexity index is 892. The number of esters is 2. The molecule has 0 bridgehead atoms. The molecule has 0 N–H and O–H groups in total. The van der Waals surface area contributed by atoms with E-state index >= 15 is 0 Å². The summed E-state index contributed by atoms with van der Waals surface area (Å²) in [7, 11) is -6.83. The first-order chi connectivity index (χ1) is 13.7. The number of benzene rings is 1. The van der Waals surface area contributed by atoms with Gasteiger partial charge in [-0.15, -0.1) is 0 Å². The fourth-order valence-electron chi connectivity index (χ4n) is 2.86. The van der Waals surface area contributed by atoms with E-state index in [-0.39, 0.29) is 0 Å². The predicted octanol–water partition coefficient (Wildman–Crippen LogP) is 3.40. The van der Waals surface area contributed by atoms with Crippen molar-refractivity contribution in [3.05, 3.63) is 35.4 Å². The molecule has 168 valence electrons. The highest BCUT2D eigenvalue weighted by molar-refractivity contribution is 7.86. The van der Waals surface area contributed by atoms with E-state index in [4.69, 9.17) is 4.74 Å². The first kappa shape index (κ1) is 24.0. The summed E-state index contributed by atoms with van der Waals surface area (Å²) >= 11 is 0. The largest absolute Gasteiger partial charge is 0.743 e. The molecule has 30 heavy (non-hydrogen) atoms. The second kappa shape index (κ2) is 8.84. The summed E-state index contributed by atoms with van der Waals surface area (Å²) in [4.78, 5) is 24.5. The van der Waals surface area contributed by atoms with Crippen LogP contribution in [0.15, 0.2) is 24.3 Å². The third-order valence-corrected chi connectivity index (χ3v) is 5.23. The lowest BCUT2D eigenvalue weighted by molar-refractivity contribution is -0.248. The van der Waals surface area contributed by atoms with E-state index in [0.29, 0.717) is 12.8 Å². The lowest BCUT2D eigenvalue weighted by atomic mass is 9.97. The van der Waals surface area contributed by atoms with Crippen LogP contribution >= 0.6 is 0 Å². The third kappa shape index (κ3) is 5.45. The van der Waals surface area contributed by atoms with Crippen molar-refractivity contribution in [2.45, 2.75) is 55.7 Å². The second-order valence-electron chi connectivity index (χ2n) is 6.55. The van der Waals surface area contributed by atoms with Crippen molar-refractivity contribution in [3.63, 3.8) is 0 Å². The number of halogens is 5. The van der Waals surface area contributed by atoms with Gasteiger partial charge in [-0.25, -0.2) is 18.0 Å². The molecule has 0 spiro atoms. The van der Waals surface area contributed by atoms with Crippen LogP contribution in [0.5, 0.6) is 0 Å². The van der Waals surface area contributed by atoms with Crippen molar-refractivity contribution in [2.24, 2.45) is 0 Å². The predicted molar refractivity (Wildman–Crippen MR) is 88.6 cm³/mol. The molecule has 0 aliphatic heterocycles. The summed E-state index contributed by atoms with van der Waals surface area (Å²) in [6.07, 6.45) is -7.54. The average Bonchev–Trinajstić information content (AvgIpc) is 2.64. The van der Waals surface area contributed by atoms with Gasteiger partial charge in [-0.3, -0.25) is 0 Å². The number of hydrogen-bond donors (Lipinski definition) is 0. The number of ether oxygens (including phenoxy) is 2. The summed E-state index contributed by atoms with van der Waals surface area (Å²) in [5.41, 5.74) is -1.41. The molecule has 0 aromatic heterocycles. The van der Waals surface area contributed by atoms with E-state index in [1.807, 2.05) is 0 Å². The summed E-state index contributed by atoms with van der Waals surface area (Å²) in [6, 6.07) is 4.18. The lowest BCUT2D eigenvalue weighted by Crippen LogP contribution is -2.52. The summed E-state index contributed by atoms with van der Waals surface area (Å²) in [6.45, 7) is 0. The molecule has 0 amide bonds. The van der Waals surface area contributed by atoms with E-state index < -0.39 is 56.8 Å². The topological polar surface area (TPSA) is 110 Å². The van der Waals surface area contributed by atoms with Gasteiger partial charge in [0.15, 0.2) is 10.1 Å². The van der Waals surface area contributed by atoms with E-state index in [1.165, 1.54) is 6.07 Å². The highest BCUT2D eigenvalue weighted by Crippen LogP contribution is 2.38. The molecule has 2 rings (SSSR count). The molecule has 1 aliphatic rings. The zero-order valence-electron chi connectivity index (χ0n) is 15.2. The van der Waals surface area contributed by atoms with Gasteiger partial charge in [0.05, 0.1) is 11.1 Å². The highest BCUT2D eigenvalue weighted by atomic mass is 32.2. The van der Waals surface area contributed by atoms with E-state index in [9.17, 15) is 44.5 Å². The van der Waals surface area contributed by atoms with Gasteiger partial charge in [0.2, 0.25) is 0 Å². The lowest BCUT2D eigenvalue weighted by Gasteiger charge is -2.29. The maximum Gasteiger partial charge on any atom is 0.432 e. The monoisotopic (exact) mass is 459 g/mol. The van der Waals surface area contributed by atoms with Crippen LogP contribution in [0.3, 0.4) is 0 Å². The van der Waals surface area contributed by atoms with Gasteiger partial charge in [0.1, 0.15) is 6.10 Å². The highest BCUT2D eigenvalue weighted by Gasteiger charge is 2.63. The first-order valence-electron chi connectivity index (χ1n) is 8.66. The van der Waals surface area contributed by atoms with Crippen LogP contribution in [0.1, 0.15) is 52.8 Å². The summed E-state index contributed by atoms with van der Waals surface area (Å²) < 4.78 is 107. The maximum absolute atomic E-state index is 13.5. The standard InChI is InChI=1S/C17H17F5O7S/c18-16(19,20)15(17(21,22)30(25,26)27)29-14(24)12-9-5-4-8-11(12)13(23)28-10-6-2-1-3-7-10/h4-5,8-10,15H,1-3,6-7H2,(H,25,26,27)/p-1. The molecule has 13 heteroatoms. The van der Waals surface area contributed by atoms with Crippen LogP contribution in [-0.4, -0.2) is 48.5 Å². The molecule has 1 aliphatic carbocycles. The van der Waals surface area contributed by atoms with Crippen LogP contribution in [-0.2, 0) is 19.6 Å². The first-order valence-corrected chi connectivity index (χ1v) is 10.1. The fraction of sp³-hybridized carbons (Fsp3) is 0.529. The number of rotatable bonds is 6. The molecule has 1 unspecified atom stereocenters. The molecule has 0 radical (unpaired) electrons. The maximum atomic E-state index is 13.5. The molecule has 1 fully saturated rings. The zero-order chi connectivity index (χ0) is 22.7. The summed E-state index contributed by atoms with van der Waals surface area (Å²) in [5.74, 6) is -3.15. The molecule has 1 atom stereocenters. The molecular formula is C17H16F5O7S-. The Hall–Kier alpha value is -2.28. The number of carbonyl (C=O) groups is 2. The van der Waals surface area contributed by atoms with Gasteiger partial charge < -0.3 is 14.0 Å². The Morgan fingerprint density at radius 1 is 0.967 bits per heavy atom. The fourth-order valence-corrected chi connectivity index (χ4v) is 3.31. The van der Waals surface area contributed by atoms with Crippen LogP contribution in [0.25, 0.3) is 0 Å². The van der Waals surface area contributed by atoms with Crippen LogP contribution in [0, 0.1) is 0 Å². The van der Waals surface area contributed by atoms with Crippen LogP contribution in [0.4, 0.5) is 22.0 Å². The third-order valence-electron chi connectivity index (χ3n) is 4.35. The minimum atomic E-state index is -6.83. The van der Waals surface area contributed by atoms with Gasteiger partial charge in [-0.2, -0.15) is 22.0 Å². The van der Waals surface area contributed by atoms with Gasteiger partial charge in [0.25, 0.3) is 6.10 Å². The Morgan fingerprint density at radius 3 is 1.93 bits per heavy atom. The van der Waals surface area contributed by atoms with Crippen molar-refractivity contribution in [1.82, 2.24) is 0 Å². The number of alkyl halides is 5. The molecule has 1 saturated carbocycles. The molecule has 7 nitrogen and oxygen atoms in total. The minimum absolute atomic E-state index is 0.479. The summed E-state index contributed by atoms with van der Waals surface area (Å²) in [5, 5.41) is -5.99. The molecule has 1 aromatic carbocycles. The van der Waals surface area contributed by atoms with Crippen molar-refractivity contribution in [2.75, 3.05) is 0 Å². The SMILES string of the molecule is O=C(OC1CCCCC1)c1ccccc1C(=O)OC(C(F)(F)F)C(F)(F)S(=O)(=O)[O-]. The minimum Gasteiger partial charge on any atom is -0.743 e. The zero-order valence-corrected chi connectivity index (χ0v) is 16.0. The van der Waals surface area contributed by atoms with E-state index in [0.717, 1.165) is 37.5 Å². The Kier molecular flexibility index (Phi) is 7.07. The second-order valence-corrected chi connectivity index (χ2v) is 8.01. The Morgan fingerprint density at radius 2 is 1.47 bits per heavy atom. The van der Waals surface area contributed by atoms with E-state index in [2.05, 4.69) is 4.74 Å².